The highest BCUT2D eigenvalue weighted by atomic mass is 16.5. The molecule has 0 N–H and O–H groups in total. The summed E-state index contributed by atoms with van der Waals surface area (Å²) in [7, 11) is 0. The molecular weight excluding hydrogens is 334 g/mol. The van der Waals surface area contributed by atoms with Gasteiger partial charge in [0.05, 0.1) is 0 Å². The Bertz CT molecular complexity index is 525. The lowest BCUT2D eigenvalue weighted by Gasteiger charge is -2.41. The van der Waals surface area contributed by atoms with E-state index >= 15 is 0 Å². The van der Waals surface area contributed by atoms with Gasteiger partial charge in [-0.1, -0.05) is 51.0 Å². The van der Waals surface area contributed by atoms with Crippen LogP contribution in [0.25, 0.3) is 0 Å². The molecular formula is C24H41NO2. The van der Waals surface area contributed by atoms with Crippen molar-refractivity contribution in [2.45, 2.75) is 61.3 Å². The molecule has 0 aromatic rings. The fourth-order valence-electron chi connectivity index (χ4n) is 5.50. The number of esters is 1. The van der Waals surface area contributed by atoms with Gasteiger partial charge in [-0.15, -0.1) is 0 Å². The van der Waals surface area contributed by atoms with E-state index < -0.39 is 0 Å². The van der Waals surface area contributed by atoms with Crippen molar-refractivity contribution in [2.24, 2.45) is 35.5 Å². The van der Waals surface area contributed by atoms with Crippen LogP contribution in [0.2, 0.25) is 0 Å². The van der Waals surface area contributed by atoms with Crippen LogP contribution in [0.1, 0.15) is 61.3 Å². The molecule has 0 saturated carbocycles. The summed E-state index contributed by atoms with van der Waals surface area (Å²) in [5.74, 6) is 3.84. The summed E-state index contributed by atoms with van der Waals surface area (Å²) in [4.78, 5) is 13.8. The highest BCUT2D eigenvalue weighted by Crippen LogP contribution is 2.36. The third-order valence-corrected chi connectivity index (χ3v) is 6.85. The third-order valence-electron chi connectivity index (χ3n) is 6.85. The van der Waals surface area contributed by atoms with Gasteiger partial charge >= 0.3 is 5.97 Å². The maximum atomic E-state index is 11.2. The Hall–Kier alpha value is -1.09. The smallest absolute Gasteiger partial charge is 0.302 e. The molecule has 0 saturated heterocycles. The molecule has 0 amide bonds. The third kappa shape index (κ3) is 6.48. The van der Waals surface area contributed by atoms with Crippen molar-refractivity contribution < 1.29 is 9.53 Å². The van der Waals surface area contributed by atoms with E-state index in [0.717, 1.165) is 19.6 Å². The van der Waals surface area contributed by atoms with E-state index in [9.17, 15) is 4.79 Å². The SMILES string of the molecule is CC(=O)OCCN(C[C@@H]1[C@H](C)C=C(C)C[C@@H]1C)C[C@H]1[C@H](C)CC(C)=C[C@@H]1C. The van der Waals surface area contributed by atoms with Crippen LogP contribution in [0.15, 0.2) is 23.3 Å². The molecule has 0 spiro atoms. The molecule has 0 heterocycles. The number of ether oxygens (including phenoxy) is 1. The van der Waals surface area contributed by atoms with E-state index in [4.69, 9.17) is 4.74 Å². The first-order valence-electron chi connectivity index (χ1n) is 10.9. The van der Waals surface area contributed by atoms with E-state index in [1.54, 1.807) is 0 Å². The second-order valence-corrected chi connectivity index (χ2v) is 9.53. The van der Waals surface area contributed by atoms with Gasteiger partial charge in [0.2, 0.25) is 0 Å². The highest BCUT2D eigenvalue weighted by Gasteiger charge is 2.32. The first-order chi connectivity index (χ1) is 12.7. The van der Waals surface area contributed by atoms with Crippen LogP contribution in [0.5, 0.6) is 0 Å². The Morgan fingerprint density at radius 3 is 1.78 bits per heavy atom. The molecule has 2 aliphatic carbocycles. The van der Waals surface area contributed by atoms with Crippen molar-refractivity contribution in [3.63, 3.8) is 0 Å². The van der Waals surface area contributed by atoms with Crippen LogP contribution in [0.3, 0.4) is 0 Å². The van der Waals surface area contributed by atoms with Crippen LogP contribution < -0.4 is 0 Å². The molecule has 0 aromatic heterocycles. The van der Waals surface area contributed by atoms with Crippen LogP contribution >= 0.6 is 0 Å². The molecule has 0 radical (unpaired) electrons. The van der Waals surface area contributed by atoms with Gasteiger partial charge in [0.25, 0.3) is 0 Å². The molecule has 0 aromatic carbocycles. The number of allylic oxidation sites excluding steroid dienone is 4. The fraction of sp³-hybridized carbons (Fsp3) is 0.792. The first kappa shape index (κ1) is 22.2. The quantitative estimate of drug-likeness (QED) is 0.445. The molecule has 0 fully saturated rings. The van der Waals surface area contributed by atoms with Crippen molar-refractivity contribution >= 4 is 5.97 Å². The van der Waals surface area contributed by atoms with E-state index in [0.29, 0.717) is 42.1 Å². The van der Waals surface area contributed by atoms with Crippen molar-refractivity contribution in [1.29, 1.82) is 0 Å². The lowest BCUT2D eigenvalue weighted by Crippen LogP contribution is -2.43. The van der Waals surface area contributed by atoms with Crippen molar-refractivity contribution in [3.05, 3.63) is 23.3 Å². The molecule has 3 heteroatoms. The molecule has 6 atom stereocenters. The molecule has 0 bridgehead atoms. The zero-order valence-electron chi connectivity index (χ0n) is 18.6. The number of rotatable bonds is 7. The van der Waals surface area contributed by atoms with Gasteiger partial charge in [-0.05, 0) is 62.2 Å². The fourth-order valence-corrected chi connectivity index (χ4v) is 5.50. The Morgan fingerprint density at radius 1 is 0.963 bits per heavy atom. The molecule has 2 aliphatic rings. The van der Waals surface area contributed by atoms with Crippen LogP contribution in [0, 0.1) is 35.5 Å². The monoisotopic (exact) mass is 375 g/mol. The van der Waals surface area contributed by atoms with Gasteiger partial charge in [0, 0.05) is 26.6 Å². The maximum Gasteiger partial charge on any atom is 0.302 e. The first-order valence-corrected chi connectivity index (χ1v) is 10.9. The van der Waals surface area contributed by atoms with E-state index in [-0.39, 0.29) is 5.97 Å². The Morgan fingerprint density at radius 2 is 1.41 bits per heavy atom. The lowest BCUT2D eigenvalue weighted by molar-refractivity contribution is -0.141. The van der Waals surface area contributed by atoms with E-state index in [1.807, 2.05) is 0 Å². The zero-order chi connectivity index (χ0) is 20.1. The normalized spacial score (nSPS) is 34.2. The van der Waals surface area contributed by atoms with Gasteiger partial charge in [-0.2, -0.15) is 0 Å². The summed E-state index contributed by atoms with van der Waals surface area (Å²) in [6.45, 7) is 19.1. The minimum atomic E-state index is -0.175. The zero-order valence-corrected chi connectivity index (χ0v) is 18.6. The van der Waals surface area contributed by atoms with Crippen LogP contribution in [-0.4, -0.2) is 37.1 Å². The average Bonchev–Trinajstić information content (AvgIpc) is 2.53. The van der Waals surface area contributed by atoms with Gasteiger partial charge in [0.1, 0.15) is 6.61 Å². The van der Waals surface area contributed by atoms with Crippen molar-refractivity contribution in [1.82, 2.24) is 4.90 Å². The van der Waals surface area contributed by atoms with Gasteiger partial charge < -0.3 is 4.74 Å². The molecule has 2 rings (SSSR count). The minimum Gasteiger partial charge on any atom is -0.465 e. The standard InChI is InChI=1S/C24H41NO2/c1-16-10-18(3)23(19(4)11-16)14-25(8-9-27-22(7)26)15-24-20(5)12-17(2)13-21(24)6/h10,12,18-21,23-24H,8-9,11,13-15H2,1-7H3/t18-,19+,20+,21-,23-,24-/m1/s1. The molecule has 154 valence electrons. The predicted octanol–water partition coefficient (Wildman–Crippen LogP) is 5.33. The summed E-state index contributed by atoms with van der Waals surface area (Å²) in [6.07, 6.45) is 7.36. The molecule has 3 nitrogen and oxygen atoms in total. The lowest BCUT2D eigenvalue weighted by atomic mass is 9.73. The second-order valence-electron chi connectivity index (χ2n) is 9.53. The number of hydrogen-bond donors (Lipinski definition) is 0. The van der Waals surface area contributed by atoms with E-state index in [2.05, 4.69) is 58.6 Å². The largest absolute Gasteiger partial charge is 0.465 e. The van der Waals surface area contributed by atoms with Gasteiger partial charge in [-0.3, -0.25) is 9.69 Å². The summed E-state index contributed by atoms with van der Waals surface area (Å²) in [6, 6.07) is 0. The summed E-state index contributed by atoms with van der Waals surface area (Å²) in [5, 5.41) is 0. The Labute approximate surface area is 167 Å². The Balaban J connectivity index is 2.07. The highest BCUT2D eigenvalue weighted by molar-refractivity contribution is 5.65. The molecule has 0 aliphatic heterocycles. The number of carbonyl (C=O) groups excluding carboxylic acids is 1. The van der Waals surface area contributed by atoms with Gasteiger partial charge in [-0.25, -0.2) is 0 Å². The van der Waals surface area contributed by atoms with Crippen molar-refractivity contribution in [2.75, 3.05) is 26.2 Å². The number of carbonyl (C=O) groups is 1. The molecule has 27 heavy (non-hydrogen) atoms. The van der Waals surface area contributed by atoms with Gasteiger partial charge in [0.15, 0.2) is 0 Å². The molecule has 0 unspecified atom stereocenters. The predicted molar refractivity (Wildman–Crippen MR) is 113 cm³/mol. The maximum absolute atomic E-state index is 11.2. The summed E-state index contributed by atoms with van der Waals surface area (Å²) in [5.41, 5.74) is 3.07. The minimum absolute atomic E-state index is 0.175. The number of nitrogens with zero attached hydrogens (tertiary/aromatic N) is 1. The van der Waals surface area contributed by atoms with Crippen molar-refractivity contribution in [3.8, 4) is 0 Å². The topological polar surface area (TPSA) is 29.5 Å². The number of hydrogen-bond acceptors (Lipinski definition) is 3. The second kappa shape index (κ2) is 9.91. The van der Waals surface area contributed by atoms with Crippen LogP contribution in [-0.2, 0) is 9.53 Å². The average molecular weight is 376 g/mol. The summed E-state index contributed by atoms with van der Waals surface area (Å²) < 4.78 is 5.29. The Kier molecular flexibility index (Phi) is 8.15. The van der Waals surface area contributed by atoms with E-state index in [1.165, 1.54) is 30.9 Å². The van der Waals surface area contributed by atoms with Crippen LogP contribution in [0.4, 0.5) is 0 Å². The summed E-state index contributed by atoms with van der Waals surface area (Å²) >= 11 is 0.